The zero-order chi connectivity index (χ0) is 22.1. The monoisotopic (exact) mass is 426 g/mol. The molecule has 0 aliphatic carbocycles. The number of amides is 2. The summed E-state index contributed by atoms with van der Waals surface area (Å²) in [7, 11) is 4.42. The molecule has 1 N–H and O–H groups in total. The van der Waals surface area contributed by atoms with Crippen molar-refractivity contribution in [1.82, 2.24) is 4.90 Å². The first-order valence-corrected chi connectivity index (χ1v) is 9.70. The number of benzene rings is 2. The van der Waals surface area contributed by atoms with Crippen LogP contribution < -0.4 is 19.5 Å². The Bertz CT molecular complexity index is 1050. The van der Waals surface area contributed by atoms with Crippen LogP contribution in [-0.2, 0) is 14.3 Å². The quantitative estimate of drug-likeness (QED) is 0.708. The number of hydrogen-bond donors (Lipinski definition) is 1. The maximum atomic E-state index is 13.0. The van der Waals surface area contributed by atoms with Crippen LogP contribution in [0.15, 0.2) is 36.4 Å². The van der Waals surface area contributed by atoms with Crippen molar-refractivity contribution in [2.24, 2.45) is 0 Å². The van der Waals surface area contributed by atoms with Crippen molar-refractivity contribution in [2.45, 2.75) is 25.1 Å². The lowest BCUT2D eigenvalue weighted by atomic mass is 10.1. The molecule has 2 aromatic rings. The number of hydrogen-bond acceptors (Lipinski definition) is 7. The largest absolute Gasteiger partial charge is 0.497 e. The number of carbonyl (C=O) groups excluding carboxylic acids is 3. The van der Waals surface area contributed by atoms with E-state index in [0.29, 0.717) is 29.2 Å². The summed E-state index contributed by atoms with van der Waals surface area (Å²) in [6.07, 6.45) is -0.531. The van der Waals surface area contributed by atoms with Crippen molar-refractivity contribution >= 4 is 23.5 Å². The van der Waals surface area contributed by atoms with Crippen molar-refractivity contribution in [3.8, 4) is 17.2 Å². The first-order valence-electron chi connectivity index (χ1n) is 9.70. The van der Waals surface area contributed by atoms with Gasteiger partial charge in [-0.25, -0.2) is 4.79 Å². The molecule has 2 amide bonds. The van der Waals surface area contributed by atoms with Crippen LogP contribution in [0.5, 0.6) is 17.2 Å². The van der Waals surface area contributed by atoms with E-state index in [1.807, 2.05) is 0 Å². The summed E-state index contributed by atoms with van der Waals surface area (Å²) in [5.74, 6) is -0.0787. The molecule has 1 fully saturated rings. The molecule has 31 heavy (non-hydrogen) atoms. The number of carbonyl (C=O) groups is 3. The van der Waals surface area contributed by atoms with Crippen LogP contribution in [0, 0.1) is 0 Å². The Labute approximate surface area is 178 Å². The van der Waals surface area contributed by atoms with Crippen molar-refractivity contribution < 1.29 is 33.3 Å². The second kappa shape index (κ2) is 8.17. The Kier molecular flexibility index (Phi) is 5.41. The topological polar surface area (TPSA) is 103 Å². The number of cyclic esters (lactones) is 1. The molecule has 0 spiro atoms. The van der Waals surface area contributed by atoms with Gasteiger partial charge in [-0.05, 0) is 30.7 Å². The minimum Gasteiger partial charge on any atom is -0.497 e. The lowest BCUT2D eigenvalue weighted by molar-refractivity contribution is -0.144. The fourth-order valence-corrected chi connectivity index (χ4v) is 3.97. The minimum atomic E-state index is -1.02. The van der Waals surface area contributed by atoms with E-state index in [9.17, 15) is 14.4 Å². The highest BCUT2D eigenvalue weighted by atomic mass is 16.6. The van der Waals surface area contributed by atoms with Gasteiger partial charge in [-0.15, -0.1) is 0 Å². The molecule has 0 radical (unpaired) electrons. The summed E-state index contributed by atoms with van der Waals surface area (Å²) < 4.78 is 21.3. The van der Waals surface area contributed by atoms with Crippen LogP contribution in [0.1, 0.15) is 35.0 Å². The predicted molar refractivity (Wildman–Crippen MR) is 109 cm³/mol. The smallest absolute Gasteiger partial charge is 0.344 e. The van der Waals surface area contributed by atoms with Crippen LogP contribution in [0.25, 0.3) is 0 Å². The molecule has 9 heteroatoms. The average Bonchev–Trinajstić information content (AvgIpc) is 3.32. The third-order valence-electron chi connectivity index (χ3n) is 5.41. The molecular formula is C22H22N2O7. The van der Waals surface area contributed by atoms with Crippen LogP contribution in [0.2, 0.25) is 0 Å². The molecule has 0 aromatic heterocycles. The Morgan fingerprint density at radius 1 is 1.10 bits per heavy atom. The Balaban J connectivity index is 1.64. The van der Waals surface area contributed by atoms with Crippen molar-refractivity contribution in [2.75, 3.05) is 26.6 Å². The van der Waals surface area contributed by atoms with E-state index in [4.69, 9.17) is 18.9 Å². The molecular weight excluding hydrogens is 404 g/mol. The summed E-state index contributed by atoms with van der Waals surface area (Å²) in [4.78, 5) is 39.7. The molecule has 9 nitrogen and oxygen atoms in total. The maximum Gasteiger partial charge on any atom is 0.344 e. The first kappa shape index (κ1) is 20.5. The normalized spacial score (nSPS) is 19.6. The predicted octanol–water partition coefficient (Wildman–Crippen LogP) is 2.51. The number of rotatable bonds is 6. The van der Waals surface area contributed by atoms with Gasteiger partial charge in [0.2, 0.25) is 18.0 Å². The lowest BCUT2D eigenvalue weighted by Gasteiger charge is -2.29. The highest BCUT2D eigenvalue weighted by Gasteiger charge is 2.47. The number of esters is 1. The molecule has 162 valence electrons. The van der Waals surface area contributed by atoms with Crippen LogP contribution >= 0.6 is 0 Å². The molecule has 2 aliphatic rings. The van der Waals surface area contributed by atoms with E-state index in [1.54, 1.807) is 36.4 Å². The van der Waals surface area contributed by atoms with Crippen molar-refractivity contribution in [3.63, 3.8) is 0 Å². The van der Waals surface area contributed by atoms with E-state index < -0.39 is 18.2 Å². The maximum absolute atomic E-state index is 13.0. The van der Waals surface area contributed by atoms with Gasteiger partial charge in [0.1, 0.15) is 17.4 Å². The minimum absolute atomic E-state index is 0.173. The Hall–Kier alpha value is -3.75. The summed E-state index contributed by atoms with van der Waals surface area (Å²) in [5.41, 5.74) is 1.19. The number of nitrogens with zero attached hydrogens (tertiary/aromatic N) is 1. The number of methoxy groups -OCH3 is 3. The number of ether oxygens (including phenoxy) is 4. The molecule has 1 unspecified atom stereocenters. The Morgan fingerprint density at radius 3 is 2.61 bits per heavy atom. The van der Waals surface area contributed by atoms with Crippen LogP contribution in [0.4, 0.5) is 5.69 Å². The van der Waals surface area contributed by atoms with E-state index in [1.165, 1.54) is 26.2 Å². The number of fused-ring (bicyclic) bond motifs is 1. The van der Waals surface area contributed by atoms with Gasteiger partial charge in [0, 0.05) is 23.7 Å². The molecule has 0 bridgehead atoms. The number of anilines is 1. The average molecular weight is 426 g/mol. The van der Waals surface area contributed by atoms with Gasteiger partial charge in [0.25, 0.3) is 0 Å². The van der Waals surface area contributed by atoms with Gasteiger partial charge < -0.3 is 24.3 Å². The second-order valence-electron chi connectivity index (χ2n) is 7.10. The SMILES string of the molecule is COc1cccc(NC(=O)[C@@H]2CCC(=O)N2C2OC(=O)c3c2ccc(OC)c3OC)c1. The molecule has 2 heterocycles. The van der Waals surface area contributed by atoms with E-state index in [0.717, 1.165) is 0 Å². The molecule has 2 aromatic carbocycles. The van der Waals surface area contributed by atoms with Gasteiger partial charge in [-0.2, -0.15) is 0 Å². The summed E-state index contributed by atoms with van der Waals surface area (Å²) in [5, 5.41) is 2.81. The van der Waals surface area contributed by atoms with E-state index in [2.05, 4.69) is 5.32 Å². The van der Waals surface area contributed by atoms with Gasteiger partial charge >= 0.3 is 5.97 Å². The fourth-order valence-electron chi connectivity index (χ4n) is 3.97. The molecule has 0 saturated carbocycles. The molecule has 2 aliphatic heterocycles. The first-order chi connectivity index (χ1) is 15.0. The Morgan fingerprint density at radius 2 is 1.90 bits per heavy atom. The zero-order valence-corrected chi connectivity index (χ0v) is 17.3. The molecule has 1 saturated heterocycles. The standard InChI is InChI=1S/C22H22N2O7/c1-28-13-6-4-5-12(11-13)23-20(26)15-8-10-17(25)24(15)21-14-7-9-16(29-2)19(30-3)18(14)22(27)31-21/h4-7,9,11,15,21H,8,10H2,1-3H3,(H,23,26)/t15-,21?/m0/s1. The van der Waals surface area contributed by atoms with Gasteiger partial charge in [-0.1, -0.05) is 6.07 Å². The van der Waals surface area contributed by atoms with E-state index >= 15 is 0 Å². The second-order valence-corrected chi connectivity index (χ2v) is 7.10. The summed E-state index contributed by atoms with van der Waals surface area (Å²) >= 11 is 0. The van der Waals surface area contributed by atoms with Crippen molar-refractivity contribution in [1.29, 1.82) is 0 Å². The molecule has 4 rings (SSSR count). The molecule has 2 atom stereocenters. The van der Waals surface area contributed by atoms with Gasteiger partial charge in [0.15, 0.2) is 11.5 Å². The van der Waals surface area contributed by atoms with Gasteiger partial charge in [0.05, 0.1) is 21.3 Å². The van der Waals surface area contributed by atoms with Crippen molar-refractivity contribution in [3.05, 3.63) is 47.5 Å². The number of likely N-dealkylation sites (tertiary alicyclic amines) is 1. The van der Waals surface area contributed by atoms with Crippen LogP contribution in [-0.4, -0.2) is 50.1 Å². The van der Waals surface area contributed by atoms with E-state index in [-0.39, 0.29) is 29.5 Å². The third-order valence-corrected chi connectivity index (χ3v) is 5.41. The zero-order valence-electron chi connectivity index (χ0n) is 17.3. The number of nitrogens with one attached hydrogen (secondary N) is 1. The van der Waals surface area contributed by atoms with Crippen LogP contribution in [0.3, 0.4) is 0 Å². The summed E-state index contributed by atoms with van der Waals surface area (Å²) in [6, 6.07) is 9.41. The fraction of sp³-hybridized carbons (Fsp3) is 0.318. The lowest BCUT2D eigenvalue weighted by Crippen LogP contribution is -2.43. The highest BCUT2D eigenvalue weighted by molar-refractivity contribution is 6.01. The third kappa shape index (κ3) is 3.52. The van der Waals surface area contributed by atoms with Gasteiger partial charge in [-0.3, -0.25) is 14.5 Å². The summed E-state index contributed by atoms with van der Waals surface area (Å²) in [6.45, 7) is 0. The highest BCUT2D eigenvalue weighted by Crippen LogP contribution is 2.45.